The van der Waals surface area contributed by atoms with Crippen molar-refractivity contribution in [1.82, 2.24) is 16.0 Å². The lowest BCUT2D eigenvalue weighted by atomic mass is 9.87. The number of nitrogens with one attached hydrogen (secondary N) is 5. The molecule has 0 unspecified atom stereocenters. The van der Waals surface area contributed by atoms with Crippen LogP contribution in [0.4, 0.5) is 0 Å². The van der Waals surface area contributed by atoms with Crippen molar-refractivity contribution < 1.29 is 14.4 Å². The van der Waals surface area contributed by atoms with Crippen LogP contribution in [0.25, 0.3) is 0 Å². The van der Waals surface area contributed by atoms with Gasteiger partial charge in [0.15, 0.2) is 0 Å². The lowest BCUT2D eigenvalue weighted by Crippen LogP contribution is -2.57. The van der Waals surface area contributed by atoms with Crippen LogP contribution in [0.1, 0.15) is 35.1 Å². The van der Waals surface area contributed by atoms with Gasteiger partial charge >= 0.3 is 0 Å². The van der Waals surface area contributed by atoms with E-state index in [9.17, 15) is 14.4 Å². The summed E-state index contributed by atoms with van der Waals surface area (Å²) < 4.78 is 0. The second kappa shape index (κ2) is 9.94. The predicted molar refractivity (Wildman–Crippen MR) is 124 cm³/mol. The van der Waals surface area contributed by atoms with E-state index in [4.69, 9.17) is 22.3 Å². The summed E-state index contributed by atoms with van der Waals surface area (Å²) in [4.78, 5) is 37.2. The van der Waals surface area contributed by atoms with Gasteiger partial charge in [-0.3, -0.25) is 25.2 Å². The van der Waals surface area contributed by atoms with Crippen LogP contribution in [-0.4, -0.2) is 41.5 Å². The average molecular weight is 450 g/mol. The van der Waals surface area contributed by atoms with Crippen LogP contribution in [0.5, 0.6) is 0 Å². The van der Waals surface area contributed by atoms with Crippen molar-refractivity contribution in [2.75, 3.05) is 6.54 Å². The first-order valence-electron chi connectivity index (χ1n) is 10.4. The first-order chi connectivity index (χ1) is 15.7. The van der Waals surface area contributed by atoms with Crippen LogP contribution in [0, 0.1) is 10.8 Å². The first-order valence-corrected chi connectivity index (χ1v) is 10.4. The highest BCUT2D eigenvalue weighted by atomic mass is 16.2. The maximum atomic E-state index is 13.0. The Morgan fingerprint density at radius 2 is 1.67 bits per heavy atom. The number of rotatable bonds is 9. The third kappa shape index (κ3) is 5.94. The fraction of sp³-hybridized carbons (Fsp3) is 0.261. The molecule has 0 saturated carbocycles. The zero-order chi connectivity index (χ0) is 24.0. The molecule has 3 amide bonds. The van der Waals surface area contributed by atoms with E-state index >= 15 is 0 Å². The third-order valence-electron chi connectivity index (χ3n) is 5.50. The smallest absolute Gasteiger partial charge is 0.246 e. The highest BCUT2D eigenvalue weighted by molar-refractivity contribution is 5.97. The Kier molecular flexibility index (Phi) is 7.07. The topological polar surface area (TPSA) is 187 Å². The van der Waals surface area contributed by atoms with Crippen LogP contribution in [0.2, 0.25) is 0 Å². The molecule has 1 heterocycles. The molecule has 1 fully saturated rings. The molecule has 10 nitrogen and oxygen atoms in total. The fourth-order valence-electron chi connectivity index (χ4n) is 3.69. The third-order valence-corrected chi connectivity index (χ3v) is 5.50. The van der Waals surface area contributed by atoms with E-state index in [1.165, 1.54) is 0 Å². The van der Waals surface area contributed by atoms with E-state index in [0.29, 0.717) is 17.5 Å². The van der Waals surface area contributed by atoms with Crippen molar-refractivity contribution in [1.29, 1.82) is 10.8 Å². The first kappa shape index (κ1) is 23.5. The van der Waals surface area contributed by atoms with Crippen molar-refractivity contribution in [3.63, 3.8) is 0 Å². The van der Waals surface area contributed by atoms with E-state index in [1.807, 2.05) is 0 Å². The molecule has 2 aromatic carbocycles. The van der Waals surface area contributed by atoms with E-state index in [2.05, 4.69) is 16.0 Å². The maximum absolute atomic E-state index is 13.0. The van der Waals surface area contributed by atoms with Gasteiger partial charge in [0.25, 0.3) is 0 Å². The lowest BCUT2D eigenvalue weighted by Gasteiger charge is -2.28. The SMILES string of the molecule is N=C(N)c1ccc(CNC(=O)CNC(=O)[C@@]2(Cc3cccc(C(=N)N)c3)CCC(=O)N2)cc1. The second-order valence-electron chi connectivity index (χ2n) is 7.99. The van der Waals surface area contributed by atoms with Crippen LogP contribution in [-0.2, 0) is 27.3 Å². The summed E-state index contributed by atoms with van der Waals surface area (Å²) in [5, 5.41) is 23.1. The van der Waals surface area contributed by atoms with Gasteiger partial charge in [0, 0.05) is 30.5 Å². The molecule has 0 radical (unpaired) electrons. The summed E-state index contributed by atoms with van der Waals surface area (Å²) in [7, 11) is 0. The molecule has 1 saturated heterocycles. The number of nitrogens with two attached hydrogens (primary N) is 2. The van der Waals surface area contributed by atoms with Gasteiger partial charge in [-0.15, -0.1) is 0 Å². The van der Waals surface area contributed by atoms with Crippen molar-refractivity contribution in [3.05, 3.63) is 70.8 Å². The molecule has 0 aliphatic carbocycles. The maximum Gasteiger partial charge on any atom is 0.246 e. The van der Waals surface area contributed by atoms with Crippen LogP contribution >= 0.6 is 0 Å². The number of carbonyl (C=O) groups excluding carboxylic acids is 3. The van der Waals surface area contributed by atoms with E-state index < -0.39 is 11.4 Å². The zero-order valence-electron chi connectivity index (χ0n) is 18.0. The highest BCUT2D eigenvalue weighted by Gasteiger charge is 2.44. The van der Waals surface area contributed by atoms with Gasteiger partial charge in [0.1, 0.15) is 17.2 Å². The normalized spacial score (nSPS) is 17.2. The summed E-state index contributed by atoms with van der Waals surface area (Å²) >= 11 is 0. The van der Waals surface area contributed by atoms with E-state index in [1.54, 1.807) is 48.5 Å². The molecule has 1 atom stereocenters. The Balaban J connectivity index is 1.59. The monoisotopic (exact) mass is 449 g/mol. The fourth-order valence-corrected chi connectivity index (χ4v) is 3.69. The summed E-state index contributed by atoms with van der Waals surface area (Å²) in [6, 6.07) is 13.9. The zero-order valence-corrected chi connectivity index (χ0v) is 18.0. The number of hydrogen-bond acceptors (Lipinski definition) is 5. The molecule has 3 rings (SSSR count). The van der Waals surface area contributed by atoms with Gasteiger partial charge in [0.05, 0.1) is 6.54 Å². The van der Waals surface area contributed by atoms with Crippen molar-refractivity contribution in [2.45, 2.75) is 31.3 Å². The minimum atomic E-state index is -1.17. The van der Waals surface area contributed by atoms with E-state index in [-0.39, 0.29) is 49.4 Å². The van der Waals surface area contributed by atoms with Gasteiger partial charge in [-0.1, -0.05) is 42.5 Å². The Morgan fingerprint density at radius 1 is 0.970 bits per heavy atom. The van der Waals surface area contributed by atoms with Crippen LogP contribution in [0.3, 0.4) is 0 Å². The molecule has 10 heteroatoms. The Bertz CT molecular complexity index is 1100. The molecule has 172 valence electrons. The number of nitrogen functional groups attached to an aromatic ring is 2. The van der Waals surface area contributed by atoms with Gasteiger partial charge < -0.3 is 27.4 Å². The molecule has 9 N–H and O–H groups in total. The summed E-state index contributed by atoms with van der Waals surface area (Å²) in [5.74, 6) is -1.17. The van der Waals surface area contributed by atoms with Gasteiger partial charge in [-0.2, -0.15) is 0 Å². The van der Waals surface area contributed by atoms with Crippen LogP contribution < -0.4 is 27.4 Å². The number of carbonyl (C=O) groups is 3. The quantitative estimate of drug-likeness (QED) is 0.207. The minimum Gasteiger partial charge on any atom is -0.384 e. The van der Waals surface area contributed by atoms with Crippen molar-refractivity contribution in [2.24, 2.45) is 11.5 Å². The number of amidine groups is 2. The Hall–Kier alpha value is -4.21. The lowest BCUT2D eigenvalue weighted by molar-refractivity contribution is -0.131. The summed E-state index contributed by atoms with van der Waals surface area (Å²) in [6.07, 6.45) is 0.726. The number of benzene rings is 2. The standard InChI is InChI=1S/C23H27N7O3/c24-20(25)16-6-4-14(5-7-16)12-28-19(32)13-29-22(33)23(9-8-18(31)30-23)11-15-2-1-3-17(10-15)21(26)27/h1-7,10H,8-9,11-13H2,(H3,24,25)(H3,26,27)(H,28,32)(H,29,33)(H,30,31)/t23-/m0/s1. The van der Waals surface area contributed by atoms with Crippen molar-refractivity contribution in [3.8, 4) is 0 Å². The molecular weight excluding hydrogens is 422 g/mol. The van der Waals surface area contributed by atoms with Crippen molar-refractivity contribution >= 4 is 29.4 Å². The largest absolute Gasteiger partial charge is 0.384 e. The molecule has 0 aromatic heterocycles. The summed E-state index contributed by atoms with van der Waals surface area (Å²) in [5.41, 5.74) is 12.5. The predicted octanol–water partition coefficient (Wildman–Crippen LogP) is -0.121. The van der Waals surface area contributed by atoms with Crippen LogP contribution in [0.15, 0.2) is 48.5 Å². The van der Waals surface area contributed by atoms with E-state index in [0.717, 1.165) is 11.1 Å². The second-order valence-corrected chi connectivity index (χ2v) is 7.99. The molecule has 0 bridgehead atoms. The molecule has 2 aromatic rings. The molecule has 33 heavy (non-hydrogen) atoms. The van der Waals surface area contributed by atoms with Gasteiger partial charge in [-0.05, 0) is 23.6 Å². The number of amides is 3. The summed E-state index contributed by atoms with van der Waals surface area (Å²) in [6.45, 7) is 0.0159. The minimum absolute atomic E-state index is 0.0331. The van der Waals surface area contributed by atoms with Gasteiger partial charge in [-0.25, -0.2) is 0 Å². The Labute approximate surface area is 191 Å². The molecule has 0 spiro atoms. The molecular formula is C23H27N7O3. The Morgan fingerprint density at radius 3 is 2.27 bits per heavy atom. The molecule has 1 aliphatic heterocycles. The highest BCUT2D eigenvalue weighted by Crippen LogP contribution is 2.25. The van der Waals surface area contributed by atoms with Gasteiger partial charge in [0.2, 0.25) is 17.7 Å². The molecule has 1 aliphatic rings. The average Bonchev–Trinajstić information content (AvgIpc) is 3.17. The number of hydrogen-bond donors (Lipinski definition) is 7.